The molecule has 2 atom stereocenters. The highest BCUT2D eigenvalue weighted by Gasteiger charge is 2.41. The van der Waals surface area contributed by atoms with E-state index in [1.165, 1.54) is 6.07 Å². The van der Waals surface area contributed by atoms with Gasteiger partial charge in [-0.2, -0.15) is 0 Å². The number of aromatic nitrogens is 1. The molecule has 0 spiro atoms. The molecule has 3 nitrogen and oxygen atoms in total. The maximum absolute atomic E-state index is 14.2. The predicted molar refractivity (Wildman–Crippen MR) is 133 cm³/mol. The predicted octanol–water partition coefficient (Wildman–Crippen LogP) is 7.17. The van der Waals surface area contributed by atoms with E-state index in [0.29, 0.717) is 12.0 Å². The molecule has 1 heterocycles. The van der Waals surface area contributed by atoms with Crippen LogP contribution in [0, 0.1) is 17.2 Å². The Balaban J connectivity index is 2.25. The number of carbonyl (C=O) groups excluding carboxylic acids is 1. The minimum atomic E-state index is -2.33. The van der Waals surface area contributed by atoms with Crippen molar-refractivity contribution in [1.82, 2.24) is 4.98 Å². The largest absolute Gasteiger partial charge is 0.432 e. The highest BCUT2D eigenvalue weighted by molar-refractivity contribution is 6.72. The molecule has 1 N–H and O–H groups in total. The lowest BCUT2D eigenvalue weighted by Gasteiger charge is -2.40. The van der Waals surface area contributed by atoms with E-state index in [1.807, 2.05) is 25.2 Å². The molecule has 32 heavy (non-hydrogen) atoms. The summed E-state index contributed by atoms with van der Waals surface area (Å²) in [5.41, 5.74) is 2.01. The summed E-state index contributed by atoms with van der Waals surface area (Å²) in [6, 6.07) is 8.77. The van der Waals surface area contributed by atoms with E-state index in [1.54, 1.807) is 18.3 Å². The van der Waals surface area contributed by atoms with Crippen LogP contribution >= 0.6 is 11.6 Å². The number of aldehydes is 1. The third kappa shape index (κ3) is 6.49. The van der Waals surface area contributed by atoms with Gasteiger partial charge < -0.3 is 9.59 Å². The van der Waals surface area contributed by atoms with Crippen molar-refractivity contribution in [3.05, 3.63) is 64.2 Å². The molecule has 1 aromatic carbocycles. The fraction of sp³-hybridized carbons (Fsp3) is 0.538. The smallest absolute Gasteiger partial charge is 0.188 e. The Hall–Kier alpha value is -1.56. The van der Waals surface area contributed by atoms with Crippen LogP contribution in [-0.4, -0.2) is 24.4 Å². The number of hydrogen-bond acceptors (Lipinski definition) is 3. The molecule has 0 amide bonds. The zero-order chi connectivity index (χ0) is 24.3. The summed E-state index contributed by atoms with van der Waals surface area (Å²) < 4.78 is 14.2. The van der Waals surface area contributed by atoms with Crippen LogP contribution in [0.25, 0.3) is 0 Å². The minimum Gasteiger partial charge on any atom is -0.432 e. The van der Waals surface area contributed by atoms with Crippen molar-refractivity contribution >= 4 is 26.2 Å². The average molecular weight is 478 g/mol. The molecule has 0 saturated carbocycles. The molecular weight excluding hydrogens is 441 g/mol. The van der Waals surface area contributed by atoms with Crippen molar-refractivity contribution in [3.63, 3.8) is 0 Å². The summed E-state index contributed by atoms with van der Waals surface area (Å²) in [7, 11) is -2.33. The molecule has 2 aromatic rings. The standard InChI is InChI=1S/C26H37ClFNO2Si/c1-25(2,3)21(13-14-26(4,5)32(6,7)31)20(17-30)23-12-11-18(16-29-23)15-19-9-8-10-22(27)24(19)28/h8-12,16-17,20-21,31H,13-15H2,1-7H3/t20?,21-/m0/s1. The Morgan fingerprint density at radius 2 is 1.81 bits per heavy atom. The summed E-state index contributed by atoms with van der Waals surface area (Å²) in [6.45, 7) is 14.6. The van der Waals surface area contributed by atoms with E-state index in [-0.39, 0.29) is 27.3 Å². The van der Waals surface area contributed by atoms with Gasteiger partial charge in [0.2, 0.25) is 0 Å². The van der Waals surface area contributed by atoms with Crippen LogP contribution in [0.2, 0.25) is 23.2 Å². The van der Waals surface area contributed by atoms with Crippen molar-refractivity contribution in [2.45, 2.75) is 77.9 Å². The first-order valence-electron chi connectivity index (χ1n) is 11.2. The van der Waals surface area contributed by atoms with E-state index in [4.69, 9.17) is 11.6 Å². The van der Waals surface area contributed by atoms with E-state index in [9.17, 15) is 14.0 Å². The van der Waals surface area contributed by atoms with Crippen LogP contribution in [0.1, 0.15) is 70.2 Å². The molecule has 0 aliphatic carbocycles. The molecule has 0 fully saturated rings. The zero-order valence-corrected chi connectivity index (χ0v) is 22.1. The fourth-order valence-corrected chi connectivity index (χ4v) is 4.94. The van der Waals surface area contributed by atoms with E-state index >= 15 is 0 Å². The summed E-state index contributed by atoms with van der Waals surface area (Å²) in [5, 5.41) is -0.0411. The van der Waals surface area contributed by atoms with Crippen molar-refractivity contribution < 1.29 is 14.0 Å². The van der Waals surface area contributed by atoms with Crippen LogP contribution in [-0.2, 0) is 11.2 Å². The van der Waals surface area contributed by atoms with Crippen LogP contribution in [0.3, 0.4) is 0 Å². The van der Waals surface area contributed by atoms with Gasteiger partial charge in [0.15, 0.2) is 8.32 Å². The number of carbonyl (C=O) groups is 1. The van der Waals surface area contributed by atoms with Crippen LogP contribution < -0.4 is 0 Å². The highest BCUT2D eigenvalue weighted by atomic mass is 35.5. The lowest BCUT2D eigenvalue weighted by molar-refractivity contribution is -0.111. The number of benzene rings is 1. The second-order valence-electron chi connectivity index (χ2n) is 11.1. The molecule has 176 valence electrons. The summed E-state index contributed by atoms with van der Waals surface area (Å²) in [6.07, 6.45) is 4.79. The number of pyridine rings is 1. The van der Waals surface area contributed by atoms with Gasteiger partial charge in [-0.25, -0.2) is 4.39 Å². The first-order valence-corrected chi connectivity index (χ1v) is 14.6. The maximum Gasteiger partial charge on any atom is 0.188 e. The third-order valence-corrected chi connectivity index (χ3v) is 10.9. The molecule has 2 rings (SSSR count). The summed E-state index contributed by atoms with van der Waals surface area (Å²) in [5.74, 6) is -0.666. The summed E-state index contributed by atoms with van der Waals surface area (Å²) in [4.78, 5) is 27.5. The number of rotatable bonds is 9. The maximum atomic E-state index is 14.2. The lowest BCUT2D eigenvalue weighted by atomic mass is 9.69. The van der Waals surface area contributed by atoms with Crippen LogP contribution in [0.15, 0.2) is 36.5 Å². The van der Waals surface area contributed by atoms with Crippen LogP contribution in [0.4, 0.5) is 4.39 Å². The van der Waals surface area contributed by atoms with Gasteiger partial charge in [0.25, 0.3) is 0 Å². The molecule has 6 heteroatoms. The van der Waals surface area contributed by atoms with Crippen molar-refractivity contribution in [1.29, 1.82) is 0 Å². The number of nitrogens with zero attached hydrogens (tertiary/aromatic N) is 1. The Morgan fingerprint density at radius 3 is 2.31 bits per heavy atom. The lowest BCUT2D eigenvalue weighted by Crippen LogP contribution is -2.40. The minimum absolute atomic E-state index is 0.0827. The Kier molecular flexibility index (Phi) is 8.46. The van der Waals surface area contributed by atoms with Gasteiger partial charge in [0.05, 0.1) is 16.6 Å². The molecule has 0 radical (unpaired) electrons. The second kappa shape index (κ2) is 10.1. The molecule has 0 aliphatic heterocycles. The molecule has 0 aliphatic rings. The van der Waals surface area contributed by atoms with Gasteiger partial charge in [-0.3, -0.25) is 4.98 Å². The van der Waals surface area contributed by atoms with Crippen molar-refractivity contribution in [2.75, 3.05) is 0 Å². The first kappa shape index (κ1) is 26.7. The third-order valence-electron chi connectivity index (χ3n) is 7.04. The van der Waals surface area contributed by atoms with Crippen molar-refractivity contribution in [3.8, 4) is 0 Å². The fourth-order valence-electron chi connectivity index (χ4n) is 3.99. The van der Waals surface area contributed by atoms with E-state index < -0.39 is 14.1 Å². The van der Waals surface area contributed by atoms with Crippen molar-refractivity contribution in [2.24, 2.45) is 11.3 Å². The highest BCUT2D eigenvalue weighted by Crippen LogP contribution is 2.46. The molecular formula is C26H37ClFNO2Si. The molecule has 1 unspecified atom stereocenters. The Morgan fingerprint density at radius 1 is 1.16 bits per heavy atom. The van der Waals surface area contributed by atoms with E-state index in [2.05, 4.69) is 39.6 Å². The molecule has 0 saturated heterocycles. The molecule has 1 aromatic heterocycles. The molecule has 0 bridgehead atoms. The van der Waals surface area contributed by atoms with E-state index in [0.717, 1.165) is 30.4 Å². The topological polar surface area (TPSA) is 50.2 Å². The van der Waals surface area contributed by atoms with Gasteiger partial charge >= 0.3 is 0 Å². The Labute approximate surface area is 198 Å². The Bertz CT molecular complexity index is 917. The van der Waals surface area contributed by atoms with Crippen LogP contribution in [0.5, 0.6) is 0 Å². The zero-order valence-electron chi connectivity index (χ0n) is 20.4. The van der Waals surface area contributed by atoms with Gasteiger partial charge in [-0.15, -0.1) is 0 Å². The quantitative estimate of drug-likeness (QED) is 0.307. The SMILES string of the molecule is CC(C)(C)[C@@H](CCC(C)(C)[Si](C)(C)O)C(C=O)c1ccc(Cc2cccc(Cl)c2F)cn1. The van der Waals surface area contributed by atoms with Gasteiger partial charge in [-0.1, -0.05) is 64.4 Å². The number of hydrogen-bond donors (Lipinski definition) is 1. The number of halogens is 2. The first-order chi connectivity index (χ1) is 14.7. The normalized spacial score (nSPS) is 14.8. The van der Waals surface area contributed by atoms with Gasteiger partial charge in [0, 0.05) is 12.6 Å². The summed E-state index contributed by atoms with van der Waals surface area (Å²) >= 11 is 5.89. The van der Waals surface area contributed by atoms with Gasteiger partial charge in [-0.05, 0) is 65.6 Å². The second-order valence-corrected chi connectivity index (χ2v) is 16.0. The average Bonchev–Trinajstić information content (AvgIpc) is 2.67. The monoisotopic (exact) mass is 477 g/mol. The van der Waals surface area contributed by atoms with Gasteiger partial charge in [0.1, 0.15) is 12.1 Å².